The van der Waals surface area contributed by atoms with Gasteiger partial charge in [0.15, 0.2) is 0 Å². The zero-order valence-corrected chi connectivity index (χ0v) is 16.1. The van der Waals surface area contributed by atoms with Gasteiger partial charge in [-0.2, -0.15) is 0 Å². The van der Waals surface area contributed by atoms with Crippen LogP contribution in [0.3, 0.4) is 0 Å². The molecule has 0 aromatic heterocycles. The maximum atomic E-state index is 12.9. The van der Waals surface area contributed by atoms with E-state index in [0.29, 0.717) is 31.9 Å². The molecule has 2 heterocycles. The van der Waals surface area contributed by atoms with Gasteiger partial charge in [-0.15, -0.1) is 0 Å². The normalized spacial score (nSPS) is 18.8. The Morgan fingerprint density at radius 3 is 2.86 bits per heavy atom. The SMILES string of the molecule is COc1ccc2c(c1)OCC(CNC(=O)c1ccccc1N1CCOCC1)C2. The molecule has 0 bridgehead atoms. The summed E-state index contributed by atoms with van der Waals surface area (Å²) in [5.74, 6) is 1.88. The van der Waals surface area contributed by atoms with Crippen molar-refractivity contribution in [3.8, 4) is 11.5 Å². The van der Waals surface area contributed by atoms with Crippen LogP contribution < -0.4 is 19.7 Å². The van der Waals surface area contributed by atoms with Crippen molar-refractivity contribution in [2.75, 3.05) is 51.5 Å². The number of rotatable bonds is 5. The molecule has 2 aromatic carbocycles. The summed E-state index contributed by atoms with van der Waals surface area (Å²) < 4.78 is 16.6. The number of hydrogen-bond donors (Lipinski definition) is 1. The highest BCUT2D eigenvalue weighted by Crippen LogP contribution is 2.31. The van der Waals surface area contributed by atoms with E-state index in [1.54, 1.807) is 7.11 Å². The quantitative estimate of drug-likeness (QED) is 0.861. The molecule has 1 saturated heterocycles. The van der Waals surface area contributed by atoms with E-state index in [2.05, 4.69) is 10.2 Å². The lowest BCUT2D eigenvalue weighted by atomic mass is 9.96. The average Bonchev–Trinajstić information content (AvgIpc) is 2.77. The van der Waals surface area contributed by atoms with Crippen molar-refractivity contribution in [1.29, 1.82) is 0 Å². The molecule has 0 aliphatic carbocycles. The second-order valence-electron chi connectivity index (χ2n) is 7.18. The van der Waals surface area contributed by atoms with Gasteiger partial charge in [0.25, 0.3) is 5.91 Å². The third kappa shape index (κ3) is 4.07. The summed E-state index contributed by atoms with van der Waals surface area (Å²) in [6, 6.07) is 13.7. The van der Waals surface area contributed by atoms with E-state index in [1.165, 1.54) is 0 Å². The lowest BCUT2D eigenvalue weighted by molar-refractivity contribution is 0.0937. The van der Waals surface area contributed by atoms with E-state index >= 15 is 0 Å². The fraction of sp³-hybridized carbons (Fsp3) is 0.409. The Bertz CT molecular complexity index is 833. The maximum Gasteiger partial charge on any atom is 0.253 e. The third-order valence-corrected chi connectivity index (χ3v) is 5.31. The van der Waals surface area contributed by atoms with Crippen molar-refractivity contribution in [2.45, 2.75) is 6.42 Å². The van der Waals surface area contributed by atoms with Crippen molar-refractivity contribution < 1.29 is 19.0 Å². The number of hydrogen-bond acceptors (Lipinski definition) is 5. The van der Waals surface area contributed by atoms with Crippen molar-refractivity contribution in [3.05, 3.63) is 53.6 Å². The number of benzene rings is 2. The number of ether oxygens (including phenoxy) is 3. The van der Waals surface area contributed by atoms with Gasteiger partial charge in [-0.1, -0.05) is 18.2 Å². The van der Waals surface area contributed by atoms with E-state index in [-0.39, 0.29) is 11.8 Å². The zero-order valence-electron chi connectivity index (χ0n) is 16.1. The molecule has 0 radical (unpaired) electrons. The molecule has 0 saturated carbocycles. The van der Waals surface area contributed by atoms with Crippen LogP contribution in [-0.2, 0) is 11.2 Å². The zero-order chi connectivity index (χ0) is 19.3. The number of methoxy groups -OCH3 is 1. The molecule has 4 rings (SSSR count). The van der Waals surface area contributed by atoms with Crippen LogP contribution in [-0.4, -0.2) is 52.5 Å². The lowest BCUT2D eigenvalue weighted by Gasteiger charge is -2.30. The summed E-state index contributed by atoms with van der Waals surface area (Å²) in [6.07, 6.45) is 0.880. The lowest BCUT2D eigenvalue weighted by Crippen LogP contribution is -2.39. The molecule has 28 heavy (non-hydrogen) atoms. The van der Waals surface area contributed by atoms with Crippen LogP contribution in [0.1, 0.15) is 15.9 Å². The van der Waals surface area contributed by atoms with Gasteiger partial charge in [-0.05, 0) is 30.2 Å². The van der Waals surface area contributed by atoms with Gasteiger partial charge in [0.2, 0.25) is 0 Å². The molecule has 1 fully saturated rings. The Kier molecular flexibility index (Phi) is 5.67. The minimum absolute atomic E-state index is 0.0392. The molecular formula is C22H26N2O4. The molecule has 2 aliphatic rings. The number of carbonyl (C=O) groups is 1. The van der Waals surface area contributed by atoms with Gasteiger partial charge < -0.3 is 24.4 Å². The highest BCUT2D eigenvalue weighted by molar-refractivity contribution is 5.99. The van der Waals surface area contributed by atoms with E-state index < -0.39 is 0 Å². The molecule has 0 spiro atoms. The van der Waals surface area contributed by atoms with Crippen LogP contribution in [0, 0.1) is 5.92 Å². The van der Waals surface area contributed by atoms with Crippen LogP contribution in [0.2, 0.25) is 0 Å². The van der Waals surface area contributed by atoms with Gasteiger partial charge in [0, 0.05) is 37.3 Å². The van der Waals surface area contributed by atoms with E-state index in [9.17, 15) is 4.79 Å². The Morgan fingerprint density at radius 1 is 1.21 bits per heavy atom. The van der Waals surface area contributed by atoms with Gasteiger partial charge >= 0.3 is 0 Å². The fourth-order valence-electron chi connectivity index (χ4n) is 3.75. The Morgan fingerprint density at radius 2 is 2.04 bits per heavy atom. The van der Waals surface area contributed by atoms with Crippen molar-refractivity contribution in [2.24, 2.45) is 5.92 Å². The van der Waals surface area contributed by atoms with Gasteiger partial charge in [0.05, 0.1) is 32.5 Å². The first kappa shape index (κ1) is 18.6. The van der Waals surface area contributed by atoms with Crippen molar-refractivity contribution in [3.63, 3.8) is 0 Å². The summed E-state index contributed by atoms with van der Waals surface area (Å²) in [5.41, 5.74) is 2.84. The first-order valence-corrected chi connectivity index (χ1v) is 9.74. The Hall–Kier alpha value is -2.73. The third-order valence-electron chi connectivity index (χ3n) is 5.31. The number of morpholine rings is 1. The molecule has 6 nitrogen and oxygen atoms in total. The maximum absolute atomic E-state index is 12.9. The number of carbonyl (C=O) groups excluding carboxylic acids is 1. The van der Waals surface area contributed by atoms with Crippen LogP contribution in [0.15, 0.2) is 42.5 Å². The molecule has 1 N–H and O–H groups in total. The van der Waals surface area contributed by atoms with Crippen LogP contribution in [0.4, 0.5) is 5.69 Å². The minimum Gasteiger partial charge on any atom is -0.497 e. The second-order valence-corrected chi connectivity index (χ2v) is 7.18. The number of amides is 1. The number of nitrogens with zero attached hydrogens (tertiary/aromatic N) is 1. The van der Waals surface area contributed by atoms with E-state index in [1.807, 2.05) is 42.5 Å². The number of para-hydroxylation sites is 1. The Balaban J connectivity index is 1.38. The molecule has 148 valence electrons. The molecule has 1 amide bonds. The van der Waals surface area contributed by atoms with Crippen LogP contribution in [0.25, 0.3) is 0 Å². The smallest absolute Gasteiger partial charge is 0.253 e. The average molecular weight is 382 g/mol. The summed E-state index contributed by atoms with van der Waals surface area (Å²) >= 11 is 0. The van der Waals surface area contributed by atoms with Crippen molar-refractivity contribution in [1.82, 2.24) is 5.32 Å². The fourth-order valence-corrected chi connectivity index (χ4v) is 3.75. The van der Waals surface area contributed by atoms with Crippen LogP contribution in [0.5, 0.6) is 11.5 Å². The number of anilines is 1. The number of nitrogens with one attached hydrogen (secondary N) is 1. The van der Waals surface area contributed by atoms with Crippen molar-refractivity contribution >= 4 is 11.6 Å². The monoisotopic (exact) mass is 382 g/mol. The van der Waals surface area contributed by atoms with Gasteiger partial charge in [0.1, 0.15) is 11.5 Å². The topological polar surface area (TPSA) is 60.0 Å². The largest absolute Gasteiger partial charge is 0.497 e. The molecule has 2 aliphatic heterocycles. The molecule has 6 heteroatoms. The second kappa shape index (κ2) is 8.52. The predicted molar refractivity (Wildman–Crippen MR) is 107 cm³/mol. The minimum atomic E-state index is -0.0392. The molecule has 1 atom stereocenters. The standard InChI is InChI=1S/C22H26N2O4/c1-26-18-7-6-17-12-16(15-28-21(17)13-18)14-23-22(25)19-4-2-3-5-20(19)24-8-10-27-11-9-24/h2-7,13,16H,8-12,14-15H2,1H3,(H,23,25). The first-order chi connectivity index (χ1) is 13.7. The van der Waals surface area contributed by atoms with E-state index in [4.69, 9.17) is 14.2 Å². The Labute approximate surface area is 165 Å². The first-order valence-electron chi connectivity index (χ1n) is 9.74. The summed E-state index contributed by atoms with van der Waals surface area (Å²) in [6.45, 7) is 4.18. The summed E-state index contributed by atoms with van der Waals surface area (Å²) in [4.78, 5) is 15.1. The highest BCUT2D eigenvalue weighted by Gasteiger charge is 2.23. The molecule has 1 unspecified atom stereocenters. The van der Waals surface area contributed by atoms with E-state index in [0.717, 1.165) is 42.3 Å². The van der Waals surface area contributed by atoms with Crippen LogP contribution >= 0.6 is 0 Å². The highest BCUT2D eigenvalue weighted by atomic mass is 16.5. The molecule has 2 aromatic rings. The van der Waals surface area contributed by atoms with Gasteiger partial charge in [-0.25, -0.2) is 0 Å². The number of fused-ring (bicyclic) bond motifs is 1. The summed E-state index contributed by atoms with van der Waals surface area (Å²) in [5, 5.41) is 3.10. The van der Waals surface area contributed by atoms with Gasteiger partial charge in [-0.3, -0.25) is 4.79 Å². The predicted octanol–water partition coefficient (Wildman–Crippen LogP) is 2.51. The summed E-state index contributed by atoms with van der Waals surface area (Å²) in [7, 11) is 1.65. The molecular weight excluding hydrogens is 356 g/mol.